The minimum atomic E-state index is 0.536. The summed E-state index contributed by atoms with van der Waals surface area (Å²) in [5, 5.41) is 0. The van der Waals surface area contributed by atoms with Crippen LogP contribution in [0.3, 0.4) is 0 Å². The van der Waals surface area contributed by atoms with Crippen LogP contribution < -0.4 is 0 Å². The van der Waals surface area contributed by atoms with Crippen molar-refractivity contribution in [1.29, 1.82) is 0 Å². The number of fused-ring (bicyclic) bond motifs is 2. The quantitative estimate of drug-likeness (QED) is 0.722. The predicted octanol–water partition coefficient (Wildman–Crippen LogP) is 3.06. The van der Waals surface area contributed by atoms with Gasteiger partial charge in [-0.1, -0.05) is 6.42 Å². The molecule has 2 saturated carbocycles. The number of imidazole rings is 1. The summed E-state index contributed by atoms with van der Waals surface area (Å²) >= 11 is 5.85. The van der Waals surface area contributed by atoms with Crippen molar-refractivity contribution in [3.8, 4) is 0 Å². The average Bonchev–Trinajstić information content (AvgIpc) is 2.92. The molecule has 2 nitrogen and oxygen atoms in total. The van der Waals surface area contributed by atoms with E-state index in [1.54, 1.807) is 0 Å². The van der Waals surface area contributed by atoms with Crippen LogP contribution in [0, 0.1) is 17.8 Å². The number of hydrogen-bond acceptors (Lipinski definition) is 1. The Morgan fingerprint density at radius 2 is 2.33 bits per heavy atom. The monoisotopic (exact) mass is 224 g/mol. The Hall–Kier alpha value is -0.500. The standard InChI is InChI=1S/C12H17ClN2/c13-7-12-14-3-4-15(12)8-11-6-9-1-2-10(11)5-9/h3-4,9-11H,1-2,5-8H2. The molecular weight excluding hydrogens is 208 g/mol. The lowest BCUT2D eigenvalue weighted by Gasteiger charge is -2.22. The first-order valence-electron chi connectivity index (χ1n) is 5.93. The Labute approximate surface area is 95.6 Å². The lowest BCUT2D eigenvalue weighted by atomic mass is 9.89. The molecule has 0 aliphatic heterocycles. The van der Waals surface area contributed by atoms with Gasteiger partial charge in [-0.05, 0) is 37.0 Å². The van der Waals surface area contributed by atoms with Crippen molar-refractivity contribution in [1.82, 2.24) is 9.55 Å². The van der Waals surface area contributed by atoms with Crippen LogP contribution in [0.1, 0.15) is 31.5 Å². The molecule has 0 saturated heterocycles. The summed E-state index contributed by atoms with van der Waals surface area (Å²) in [6.07, 6.45) is 9.79. The zero-order valence-corrected chi connectivity index (χ0v) is 9.66. The SMILES string of the molecule is ClCc1nccn1CC1CC2CCC1C2. The third kappa shape index (κ3) is 1.69. The van der Waals surface area contributed by atoms with Crippen molar-refractivity contribution < 1.29 is 0 Å². The molecule has 1 heterocycles. The fraction of sp³-hybridized carbons (Fsp3) is 0.750. The first-order chi connectivity index (χ1) is 7.36. The van der Waals surface area contributed by atoms with Crippen molar-refractivity contribution in [2.75, 3.05) is 0 Å². The maximum Gasteiger partial charge on any atom is 0.123 e. The molecule has 0 spiro atoms. The van der Waals surface area contributed by atoms with Gasteiger partial charge >= 0.3 is 0 Å². The molecule has 3 rings (SSSR count). The molecule has 1 aromatic heterocycles. The highest BCUT2D eigenvalue weighted by Crippen LogP contribution is 2.48. The number of nitrogens with zero attached hydrogens (tertiary/aromatic N) is 2. The lowest BCUT2D eigenvalue weighted by molar-refractivity contribution is 0.293. The second-order valence-electron chi connectivity index (χ2n) is 5.06. The van der Waals surface area contributed by atoms with E-state index in [0.29, 0.717) is 5.88 Å². The Balaban J connectivity index is 1.70. The maximum atomic E-state index is 5.85. The summed E-state index contributed by atoms with van der Waals surface area (Å²) in [4.78, 5) is 4.27. The highest BCUT2D eigenvalue weighted by molar-refractivity contribution is 6.16. The van der Waals surface area contributed by atoms with E-state index < -0.39 is 0 Å². The molecule has 0 N–H and O–H groups in total. The summed E-state index contributed by atoms with van der Waals surface area (Å²) in [6, 6.07) is 0. The van der Waals surface area contributed by atoms with Gasteiger partial charge < -0.3 is 4.57 Å². The maximum absolute atomic E-state index is 5.85. The van der Waals surface area contributed by atoms with E-state index in [2.05, 4.69) is 15.7 Å². The summed E-state index contributed by atoms with van der Waals surface area (Å²) in [7, 11) is 0. The lowest BCUT2D eigenvalue weighted by Crippen LogP contribution is -2.18. The van der Waals surface area contributed by atoms with Gasteiger partial charge in [0.15, 0.2) is 0 Å². The van der Waals surface area contributed by atoms with Crippen LogP contribution in [0.2, 0.25) is 0 Å². The molecule has 0 radical (unpaired) electrons. The summed E-state index contributed by atoms with van der Waals surface area (Å²) < 4.78 is 2.25. The first kappa shape index (κ1) is 9.71. The average molecular weight is 225 g/mol. The van der Waals surface area contributed by atoms with Gasteiger partial charge in [-0.25, -0.2) is 4.98 Å². The highest BCUT2D eigenvalue weighted by atomic mass is 35.5. The molecule has 3 unspecified atom stereocenters. The molecule has 3 heteroatoms. The van der Waals surface area contributed by atoms with Crippen molar-refractivity contribution in [3.05, 3.63) is 18.2 Å². The highest BCUT2D eigenvalue weighted by Gasteiger charge is 2.39. The normalized spacial score (nSPS) is 33.8. The van der Waals surface area contributed by atoms with Crippen LogP contribution in [0.5, 0.6) is 0 Å². The minimum absolute atomic E-state index is 0.536. The number of rotatable bonds is 3. The first-order valence-corrected chi connectivity index (χ1v) is 6.46. The predicted molar refractivity (Wildman–Crippen MR) is 60.7 cm³/mol. The van der Waals surface area contributed by atoms with Gasteiger partial charge in [-0.3, -0.25) is 0 Å². The van der Waals surface area contributed by atoms with E-state index in [4.69, 9.17) is 11.6 Å². The van der Waals surface area contributed by atoms with Gasteiger partial charge in [-0.15, -0.1) is 11.6 Å². The van der Waals surface area contributed by atoms with Gasteiger partial charge in [0.2, 0.25) is 0 Å². The Bertz CT molecular complexity index is 347. The van der Waals surface area contributed by atoms with Gasteiger partial charge in [-0.2, -0.15) is 0 Å². The van der Waals surface area contributed by atoms with E-state index in [9.17, 15) is 0 Å². The smallest absolute Gasteiger partial charge is 0.123 e. The van der Waals surface area contributed by atoms with Gasteiger partial charge in [0.05, 0.1) is 5.88 Å². The number of halogens is 1. The molecule has 2 aliphatic carbocycles. The van der Waals surface area contributed by atoms with E-state index >= 15 is 0 Å². The molecule has 82 valence electrons. The van der Waals surface area contributed by atoms with E-state index in [-0.39, 0.29) is 0 Å². The minimum Gasteiger partial charge on any atom is -0.334 e. The van der Waals surface area contributed by atoms with Crippen LogP contribution in [-0.2, 0) is 12.4 Å². The van der Waals surface area contributed by atoms with E-state index in [1.807, 2.05) is 6.20 Å². The summed E-state index contributed by atoms with van der Waals surface area (Å²) in [5.41, 5.74) is 0. The van der Waals surface area contributed by atoms with Gasteiger partial charge in [0.25, 0.3) is 0 Å². The molecule has 0 aromatic carbocycles. The zero-order valence-electron chi connectivity index (χ0n) is 8.90. The molecule has 0 amide bonds. The second-order valence-corrected chi connectivity index (χ2v) is 5.33. The Morgan fingerprint density at radius 3 is 3.00 bits per heavy atom. The molecule has 2 fully saturated rings. The van der Waals surface area contributed by atoms with Crippen LogP contribution in [0.4, 0.5) is 0 Å². The number of hydrogen-bond donors (Lipinski definition) is 0. The van der Waals surface area contributed by atoms with Crippen LogP contribution in [-0.4, -0.2) is 9.55 Å². The number of aromatic nitrogens is 2. The fourth-order valence-corrected chi connectivity index (χ4v) is 3.71. The van der Waals surface area contributed by atoms with Crippen molar-refractivity contribution >= 4 is 11.6 Å². The van der Waals surface area contributed by atoms with Crippen LogP contribution in [0.15, 0.2) is 12.4 Å². The molecule has 2 aliphatic rings. The topological polar surface area (TPSA) is 17.8 Å². The molecule has 2 bridgehead atoms. The molecular formula is C12H17ClN2. The van der Waals surface area contributed by atoms with Gasteiger partial charge in [0.1, 0.15) is 5.82 Å². The molecule has 1 aromatic rings. The number of alkyl halides is 1. The van der Waals surface area contributed by atoms with Crippen LogP contribution in [0.25, 0.3) is 0 Å². The third-order valence-corrected chi connectivity index (χ3v) is 4.48. The van der Waals surface area contributed by atoms with E-state index in [0.717, 1.165) is 30.1 Å². The third-order valence-electron chi connectivity index (χ3n) is 4.24. The summed E-state index contributed by atoms with van der Waals surface area (Å²) in [5.74, 6) is 4.47. The summed E-state index contributed by atoms with van der Waals surface area (Å²) in [6.45, 7) is 1.14. The van der Waals surface area contributed by atoms with Gasteiger partial charge in [0, 0.05) is 18.9 Å². The molecule has 3 atom stereocenters. The Morgan fingerprint density at radius 1 is 1.40 bits per heavy atom. The molecule has 15 heavy (non-hydrogen) atoms. The second kappa shape index (κ2) is 3.82. The van der Waals surface area contributed by atoms with Crippen molar-refractivity contribution in [3.63, 3.8) is 0 Å². The Kier molecular flexibility index (Phi) is 2.47. The zero-order chi connectivity index (χ0) is 10.3. The fourth-order valence-electron chi connectivity index (χ4n) is 3.49. The van der Waals surface area contributed by atoms with E-state index in [1.165, 1.54) is 25.7 Å². The van der Waals surface area contributed by atoms with Crippen LogP contribution >= 0.6 is 11.6 Å². The largest absolute Gasteiger partial charge is 0.334 e. The van der Waals surface area contributed by atoms with Crippen molar-refractivity contribution in [2.24, 2.45) is 17.8 Å². The van der Waals surface area contributed by atoms with Crippen molar-refractivity contribution in [2.45, 2.75) is 38.1 Å².